The second-order valence-corrected chi connectivity index (χ2v) is 9.17. The van der Waals surface area contributed by atoms with E-state index in [2.05, 4.69) is 10.3 Å². The van der Waals surface area contributed by atoms with Gasteiger partial charge in [0.1, 0.15) is 5.75 Å². The van der Waals surface area contributed by atoms with Crippen LogP contribution in [-0.2, 0) is 19.6 Å². The molecule has 0 radical (unpaired) electrons. The maximum Gasteiger partial charge on any atom is 0.359 e. The molecule has 0 bridgehead atoms. The number of aromatic nitrogens is 1. The van der Waals surface area contributed by atoms with Crippen LogP contribution in [0, 0.1) is 0 Å². The zero-order valence-electron chi connectivity index (χ0n) is 15.9. The van der Waals surface area contributed by atoms with Gasteiger partial charge in [0.15, 0.2) is 12.3 Å². The van der Waals surface area contributed by atoms with Gasteiger partial charge in [-0.2, -0.15) is 0 Å². The van der Waals surface area contributed by atoms with Crippen LogP contribution in [0.5, 0.6) is 5.75 Å². The van der Waals surface area contributed by atoms with Crippen LogP contribution in [0.2, 0.25) is 15.1 Å². The van der Waals surface area contributed by atoms with Crippen molar-refractivity contribution in [2.45, 2.75) is 4.90 Å². The van der Waals surface area contributed by atoms with E-state index in [0.717, 1.165) is 10.5 Å². The summed E-state index contributed by atoms with van der Waals surface area (Å²) in [4.78, 5) is 28.0. The quantitative estimate of drug-likeness (QED) is 0.586. The molecule has 162 valence electrons. The standard InChI is InChI=1S/C17H16Cl3N3O6S/c1-23(2)30(26,27)9-4-5-12(28-3)11(6-9)22-13(24)8-29-17(25)16-15(20)14(19)10(18)7-21-16/h4-7H,8H2,1-3H3,(H,22,24). The summed E-state index contributed by atoms with van der Waals surface area (Å²) in [6.07, 6.45) is 1.12. The Morgan fingerprint density at radius 3 is 2.43 bits per heavy atom. The molecule has 1 N–H and O–H groups in total. The number of pyridine rings is 1. The summed E-state index contributed by atoms with van der Waals surface area (Å²) in [5.41, 5.74) is -0.234. The number of carbonyl (C=O) groups excluding carboxylic acids is 2. The SMILES string of the molecule is COc1ccc(S(=O)(=O)N(C)C)cc1NC(=O)COC(=O)c1ncc(Cl)c(Cl)c1Cl. The van der Waals surface area contributed by atoms with Gasteiger partial charge in [0.05, 0.1) is 32.8 Å². The van der Waals surface area contributed by atoms with Crippen molar-refractivity contribution in [1.29, 1.82) is 0 Å². The maximum absolute atomic E-state index is 12.3. The fourth-order valence-electron chi connectivity index (χ4n) is 2.13. The molecule has 0 aliphatic rings. The minimum Gasteiger partial charge on any atom is -0.495 e. The Bertz CT molecular complexity index is 1090. The van der Waals surface area contributed by atoms with Crippen molar-refractivity contribution < 1.29 is 27.5 Å². The average molecular weight is 497 g/mol. The molecule has 0 atom stereocenters. The zero-order chi connectivity index (χ0) is 22.6. The number of methoxy groups -OCH3 is 1. The number of hydrogen-bond donors (Lipinski definition) is 1. The molecule has 1 amide bonds. The number of anilines is 1. The van der Waals surface area contributed by atoms with E-state index < -0.39 is 28.5 Å². The van der Waals surface area contributed by atoms with Crippen LogP contribution < -0.4 is 10.1 Å². The number of rotatable bonds is 7. The molecule has 0 aliphatic heterocycles. The molecule has 2 aromatic rings. The topological polar surface area (TPSA) is 115 Å². The Balaban J connectivity index is 2.14. The van der Waals surface area contributed by atoms with Gasteiger partial charge in [0.25, 0.3) is 5.91 Å². The normalized spacial score (nSPS) is 11.3. The lowest BCUT2D eigenvalue weighted by atomic mass is 10.3. The highest BCUT2D eigenvalue weighted by Gasteiger charge is 2.22. The van der Waals surface area contributed by atoms with Gasteiger partial charge in [0, 0.05) is 20.3 Å². The number of carbonyl (C=O) groups is 2. The molecule has 9 nitrogen and oxygen atoms in total. The summed E-state index contributed by atoms with van der Waals surface area (Å²) in [7, 11) is 0.360. The third-order valence-corrected chi connectivity index (χ3v) is 6.72. The molecule has 1 heterocycles. The van der Waals surface area contributed by atoms with Crippen molar-refractivity contribution in [3.8, 4) is 5.75 Å². The van der Waals surface area contributed by atoms with Crippen LogP contribution in [-0.4, -0.2) is 57.4 Å². The van der Waals surface area contributed by atoms with E-state index in [4.69, 9.17) is 44.3 Å². The van der Waals surface area contributed by atoms with Gasteiger partial charge in [-0.1, -0.05) is 34.8 Å². The van der Waals surface area contributed by atoms with Gasteiger partial charge in [-0.05, 0) is 18.2 Å². The van der Waals surface area contributed by atoms with Gasteiger partial charge in [0.2, 0.25) is 10.0 Å². The molecule has 1 aromatic carbocycles. The largest absolute Gasteiger partial charge is 0.495 e. The lowest BCUT2D eigenvalue weighted by Crippen LogP contribution is -2.24. The number of nitrogens with zero attached hydrogens (tertiary/aromatic N) is 2. The number of nitrogens with one attached hydrogen (secondary N) is 1. The van der Waals surface area contributed by atoms with Crippen LogP contribution in [0.1, 0.15) is 10.5 Å². The van der Waals surface area contributed by atoms with Crippen LogP contribution in [0.4, 0.5) is 5.69 Å². The van der Waals surface area contributed by atoms with Gasteiger partial charge in [-0.3, -0.25) is 4.79 Å². The first-order valence-electron chi connectivity index (χ1n) is 8.06. The highest BCUT2D eigenvalue weighted by Crippen LogP contribution is 2.31. The Labute approximate surface area is 187 Å². The van der Waals surface area contributed by atoms with Crippen LogP contribution in [0.15, 0.2) is 29.3 Å². The van der Waals surface area contributed by atoms with E-state index in [1.54, 1.807) is 0 Å². The lowest BCUT2D eigenvalue weighted by Gasteiger charge is -2.15. The fraction of sp³-hybridized carbons (Fsp3) is 0.235. The van der Waals surface area contributed by atoms with E-state index >= 15 is 0 Å². The molecule has 30 heavy (non-hydrogen) atoms. The van der Waals surface area contributed by atoms with Crippen molar-refractivity contribution in [1.82, 2.24) is 9.29 Å². The second kappa shape index (κ2) is 9.80. The predicted molar refractivity (Wildman–Crippen MR) is 112 cm³/mol. The number of ether oxygens (including phenoxy) is 2. The van der Waals surface area contributed by atoms with E-state index in [0.29, 0.717) is 0 Å². The van der Waals surface area contributed by atoms with Crippen LogP contribution in [0.3, 0.4) is 0 Å². The van der Waals surface area contributed by atoms with E-state index in [-0.39, 0.29) is 37.1 Å². The van der Waals surface area contributed by atoms with Gasteiger partial charge in [-0.25, -0.2) is 22.5 Å². The Morgan fingerprint density at radius 2 is 1.83 bits per heavy atom. The van der Waals surface area contributed by atoms with Crippen LogP contribution >= 0.6 is 34.8 Å². The summed E-state index contributed by atoms with van der Waals surface area (Å²) in [5, 5.41) is 2.20. The highest BCUT2D eigenvalue weighted by molar-refractivity contribution is 7.89. The van der Waals surface area contributed by atoms with Crippen molar-refractivity contribution in [2.24, 2.45) is 0 Å². The number of amides is 1. The van der Waals surface area contributed by atoms with Crippen molar-refractivity contribution >= 4 is 62.4 Å². The molecule has 0 fully saturated rings. The molecule has 1 aromatic heterocycles. The zero-order valence-corrected chi connectivity index (χ0v) is 19.0. The Morgan fingerprint density at radius 1 is 1.17 bits per heavy atom. The Hall–Kier alpha value is -2.11. The first kappa shape index (κ1) is 24.2. The van der Waals surface area contributed by atoms with Gasteiger partial charge in [-0.15, -0.1) is 0 Å². The van der Waals surface area contributed by atoms with Crippen molar-refractivity contribution in [3.05, 3.63) is 45.2 Å². The van der Waals surface area contributed by atoms with E-state index in [1.165, 1.54) is 39.4 Å². The molecule has 0 aliphatic carbocycles. The Kier molecular flexibility index (Phi) is 7.89. The van der Waals surface area contributed by atoms with Gasteiger partial charge >= 0.3 is 5.97 Å². The molecule has 0 saturated carbocycles. The second-order valence-electron chi connectivity index (χ2n) is 5.86. The third kappa shape index (κ3) is 5.32. The average Bonchev–Trinajstić information content (AvgIpc) is 2.70. The summed E-state index contributed by atoms with van der Waals surface area (Å²) in [6, 6.07) is 3.95. The van der Waals surface area contributed by atoms with Crippen molar-refractivity contribution in [3.63, 3.8) is 0 Å². The highest BCUT2D eigenvalue weighted by atomic mass is 35.5. The minimum absolute atomic E-state index is 0.0515. The molecule has 0 unspecified atom stereocenters. The summed E-state index contributed by atoms with van der Waals surface area (Å²) in [5.74, 6) is -1.54. The molecule has 2 rings (SSSR count). The molecule has 0 spiro atoms. The third-order valence-electron chi connectivity index (χ3n) is 3.67. The first-order chi connectivity index (χ1) is 14.0. The lowest BCUT2D eigenvalue weighted by molar-refractivity contribution is -0.119. The molecular weight excluding hydrogens is 481 g/mol. The summed E-state index contributed by atoms with van der Waals surface area (Å²) >= 11 is 17.5. The van der Waals surface area contributed by atoms with Crippen LogP contribution in [0.25, 0.3) is 0 Å². The molecule has 0 saturated heterocycles. The maximum atomic E-state index is 12.3. The first-order valence-corrected chi connectivity index (χ1v) is 10.6. The fourth-order valence-corrected chi connectivity index (χ4v) is 3.61. The smallest absolute Gasteiger partial charge is 0.359 e. The number of benzene rings is 1. The van der Waals surface area contributed by atoms with E-state index in [9.17, 15) is 18.0 Å². The monoisotopic (exact) mass is 495 g/mol. The number of halogens is 3. The summed E-state index contributed by atoms with van der Waals surface area (Å²) < 4.78 is 35.6. The number of sulfonamides is 1. The number of esters is 1. The predicted octanol–water partition coefficient (Wildman–Crippen LogP) is 3.10. The molecule has 13 heteroatoms. The molecular formula is C17H16Cl3N3O6S. The minimum atomic E-state index is -3.74. The van der Waals surface area contributed by atoms with Crippen molar-refractivity contribution in [2.75, 3.05) is 33.1 Å². The summed E-state index contributed by atoms with van der Waals surface area (Å²) in [6.45, 7) is -0.703. The number of hydrogen-bond acceptors (Lipinski definition) is 7. The van der Waals surface area contributed by atoms with Gasteiger partial charge < -0.3 is 14.8 Å². The van der Waals surface area contributed by atoms with E-state index in [1.807, 2.05) is 0 Å².